The SMILES string of the molecule is CSCCC(NC(=O)C(N)Cc1ccc(O)cc1)C(=O)NC(CC(C)C)C(=O)NC(CO)C(=O)O. The second-order valence-corrected chi connectivity index (χ2v) is 9.58. The number of benzene rings is 1. The lowest BCUT2D eigenvalue weighted by molar-refractivity contribution is -0.143. The maximum Gasteiger partial charge on any atom is 0.328 e. The molecule has 1 aromatic carbocycles. The molecule has 0 aliphatic heterocycles. The average Bonchev–Trinajstić information content (AvgIpc) is 2.80. The van der Waals surface area contributed by atoms with Gasteiger partial charge in [-0.05, 0) is 54.9 Å². The summed E-state index contributed by atoms with van der Waals surface area (Å²) in [6, 6.07) is 1.80. The zero-order chi connectivity index (χ0) is 26.5. The number of aromatic hydroxyl groups is 1. The number of carbonyl (C=O) groups is 4. The van der Waals surface area contributed by atoms with Crippen molar-refractivity contribution in [2.45, 2.75) is 57.3 Å². The Morgan fingerprint density at radius 1 is 0.943 bits per heavy atom. The molecule has 12 heteroatoms. The summed E-state index contributed by atoms with van der Waals surface area (Å²) in [6.07, 6.45) is 2.55. The number of carboxylic acids is 1. The van der Waals surface area contributed by atoms with Crippen molar-refractivity contribution in [3.8, 4) is 5.75 Å². The van der Waals surface area contributed by atoms with E-state index in [4.69, 9.17) is 10.8 Å². The van der Waals surface area contributed by atoms with Gasteiger partial charge in [0.15, 0.2) is 0 Å². The Balaban J connectivity index is 2.91. The summed E-state index contributed by atoms with van der Waals surface area (Å²) in [5.74, 6) is -2.65. The lowest BCUT2D eigenvalue weighted by Crippen LogP contribution is -2.58. The van der Waals surface area contributed by atoms with Crippen LogP contribution in [0.2, 0.25) is 0 Å². The van der Waals surface area contributed by atoms with E-state index < -0.39 is 54.5 Å². The van der Waals surface area contributed by atoms with Crippen LogP contribution in [0.5, 0.6) is 5.75 Å². The van der Waals surface area contributed by atoms with Crippen molar-refractivity contribution >= 4 is 35.5 Å². The van der Waals surface area contributed by atoms with Gasteiger partial charge in [-0.3, -0.25) is 14.4 Å². The van der Waals surface area contributed by atoms with E-state index in [1.807, 2.05) is 20.1 Å². The Morgan fingerprint density at radius 2 is 1.49 bits per heavy atom. The molecule has 0 saturated carbocycles. The zero-order valence-electron chi connectivity index (χ0n) is 20.2. The molecule has 196 valence electrons. The average molecular weight is 513 g/mol. The zero-order valence-corrected chi connectivity index (χ0v) is 21.0. The number of hydrogen-bond donors (Lipinski definition) is 7. The second kappa shape index (κ2) is 15.2. The largest absolute Gasteiger partial charge is 0.508 e. The second-order valence-electron chi connectivity index (χ2n) is 8.59. The van der Waals surface area contributed by atoms with Gasteiger partial charge in [0, 0.05) is 0 Å². The van der Waals surface area contributed by atoms with E-state index in [0.717, 1.165) is 5.56 Å². The smallest absolute Gasteiger partial charge is 0.328 e. The molecule has 0 radical (unpaired) electrons. The Hall–Kier alpha value is -2.83. The van der Waals surface area contributed by atoms with Crippen LogP contribution in [-0.2, 0) is 25.6 Å². The van der Waals surface area contributed by atoms with Crippen LogP contribution in [0.15, 0.2) is 24.3 Å². The molecule has 0 bridgehead atoms. The number of phenols is 1. The molecule has 1 rings (SSSR count). The first-order valence-electron chi connectivity index (χ1n) is 11.3. The van der Waals surface area contributed by atoms with Gasteiger partial charge in [-0.25, -0.2) is 4.79 Å². The quantitative estimate of drug-likeness (QED) is 0.164. The number of thioether (sulfide) groups is 1. The van der Waals surface area contributed by atoms with Crippen molar-refractivity contribution in [3.63, 3.8) is 0 Å². The van der Waals surface area contributed by atoms with Gasteiger partial charge in [0.2, 0.25) is 17.7 Å². The van der Waals surface area contributed by atoms with Crippen LogP contribution in [0.3, 0.4) is 0 Å². The Labute approximate surface area is 209 Å². The van der Waals surface area contributed by atoms with Crippen LogP contribution >= 0.6 is 11.8 Å². The van der Waals surface area contributed by atoms with Crippen LogP contribution < -0.4 is 21.7 Å². The third kappa shape index (κ3) is 11.0. The minimum absolute atomic E-state index is 0.0126. The Kier molecular flexibility index (Phi) is 13.1. The topological polar surface area (TPSA) is 191 Å². The van der Waals surface area contributed by atoms with E-state index in [9.17, 15) is 29.4 Å². The Morgan fingerprint density at radius 3 is 2.00 bits per heavy atom. The van der Waals surface area contributed by atoms with Gasteiger partial charge in [-0.2, -0.15) is 11.8 Å². The van der Waals surface area contributed by atoms with Crippen molar-refractivity contribution in [3.05, 3.63) is 29.8 Å². The molecular weight excluding hydrogens is 476 g/mol. The molecule has 1 aromatic rings. The van der Waals surface area contributed by atoms with Gasteiger partial charge < -0.3 is 37.0 Å². The highest BCUT2D eigenvalue weighted by Crippen LogP contribution is 2.12. The number of phenolic OH excluding ortho intramolecular Hbond substituents is 1. The van der Waals surface area contributed by atoms with E-state index in [2.05, 4.69) is 16.0 Å². The molecule has 0 aromatic heterocycles. The minimum atomic E-state index is -1.50. The summed E-state index contributed by atoms with van der Waals surface area (Å²) in [5.41, 5.74) is 6.76. The number of aliphatic hydroxyl groups excluding tert-OH is 1. The fourth-order valence-electron chi connectivity index (χ4n) is 3.19. The van der Waals surface area contributed by atoms with Gasteiger partial charge >= 0.3 is 5.97 Å². The van der Waals surface area contributed by atoms with Crippen molar-refractivity contribution in [1.29, 1.82) is 0 Å². The molecule has 8 N–H and O–H groups in total. The summed E-state index contributed by atoms with van der Waals surface area (Å²) in [7, 11) is 0. The van der Waals surface area contributed by atoms with Gasteiger partial charge in [-0.1, -0.05) is 26.0 Å². The number of aliphatic carboxylic acids is 1. The molecule has 4 unspecified atom stereocenters. The maximum absolute atomic E-state index is 13.0. The predicted octanol–water partition coefficient (Wildman–Crippen LogP) is -0.407. The first-order valence-corrected chi connectivity index (χ1v) is 12.6. The summed E-state index contributed by atoms with van der Waals surface area (Å²) in [5, 5.41) is 35.1. The van der Waals surface area contributed by atoms with E-state index in [-0.39, 0.29) is 30.9 Å². The third-order valence-corrected chi connectivity index (χ3v) is 5.75. The van der Waals surface area contributed by atoms with Crippen LogP contribution in [0, 0.1) is 5.92 Å². The highest BCUT2D eigenvalue weighted by Gasteiger charge is 2.30. The number of carbonyl (C=O) groups excluding carboxylic acids is 3. The molecule has 35 heavy (non-hydrogen) atoms. The van der Waals surface area contributed by atoms with E-state index >= 15 is 0 Å². The highest BCUT2D eigenvalue weighted by atomic mass is 32.2. The molecule has 0 aliphatic rings. The van der Waals surface area contributed by atoms with Crippen LogP contribution in [0.4, 0.5) is 0 Å². The number of carboxylic acid groups (broad SMARTS) is 1. The lowest BCUT2D eigenvalue weighted by atomic mass is 10.0. The summed E-state index contributed by atoms with van der Waals surface area (Å²) in [4.78, 5) is 49.6. The molecule has 0 saturated heterocycles. The van der Waals surface area contributed by atoms with Gasteiger partial charge in [0.25, 0.3) is 0 Å². The summed E-state index contributed by atoms with van der Waals surface area (Å²) >= 11 is 1.48. The van der Waals surface area contributed by atoms with Crippen LogP contribution in [0.25, 0.3) is 0 Å². The van der Waals surface area contributed by atoms with Crippen molar-refractivity contribution in [2.75, 3.05) is 18.6 Å². The van der Waals surface area contributed by atoms with Crippen LogP contribution in [-0.4, -0.2) is 81.8 Å². The lowest BCUT2D eigenvalue weighted by Gasteiger charge is -2.26. The van der Waals surface area contributed by atoms with E-state index in [0.29, 0.717) is 5.75 Å². The standard InChI is InChI=1S/C23H36N4O7S/c1-13(2)10-18(22(32)27-19(12-28)23(33)34)26-21(31)17(8-9-35-3)25-20(30)16(24)11-14-4-6-15(29)7-5-14/h4-7,13,16-19,28-29H,8-12,24H2,1-3H3,(H,25,30)(H,26,31)(H,27,32)(H,33,34). The number of aliphatic hydroxyl groups is 1. The van der Waals surface area contributed by atoms with E-state index in [1.54, 1.807) is 12.1 Å². The number of nitrogens with two attached hydrogens (primary N) is 1. The molecule has 3 amide bonds. The Bertz CT molecular complexity index is 851. The minimum Gasteiger partial charge on any atom is -0.508 e. The number of nitrogens with one attached hydrogen (secondary N) is 3. The van der Waals surface area contributed by atoms with E-state index in [1.165, 1.54) is 23.9 Å². The van der Waals surface area contributed by atoms with Gasteiger partial charge in [0.05, 0.1) is 12.6 Å². The first-order chi connectivity index (χ1) is 16.5. The number of rotatable bonds is 15. The molecule has 0 heterocycles. The third-order valence-electron chi connectivity index (χ3n) is 5.11. The predicted molar refractivity (Wildman–Crippen MR) is 133 cm³/mol. The summed E-state index contributed by atoms with van der Waals surface area (Å²) in [6.45, 7) is 2.87. The molecule has 4 atom stereocenters. The highest BCUT2D eigenvalue weighted by molar-refractivity contribution is 7.98. The molecular formula is C23H36N4O7S. The maximum atomic E-state index is 13.0. The molecule has 0 spiro atoms. The van der Waals surface area contributed by atoms with Gasteiger partial charge in [0.1, 0.15) is 23.9 Å². The van der Waals surface area contributed by atoms with Gasteiger partial charge in [-0.15, -0.1) is 0 Å². The van der Waals surface area contributed by atoms with Crippen molar-refractivity contribution in [1.82, 2.24) is 16.0 Å². The first kappa shape index (κ1) is 30.2. The summed E-state index contributed by atoms with van der Waals surface area (Å²) < 4.78 is 0. The monoisotopic (exact) mass is 512 g/mol. The molecule has 11 nitrogen and oxygen atoms in total. The fraction of sp³-hybridized carbons (Fsp3) is 0.565. The normalized spacial score (nSPS) is 14.5. The molecule has 0 aliphatic carbocycles. The number of hydrogen-bond acceptors (Lipinski definition) is 8. The van der Waals surface area contributed by atoms with Crippen molar-refractivity contribution in [2.24, 2.45) is 11.7 Å². The fourth-order valence-corrected chi connectivity index (χ4v) is 3.67. The van der Waals surface area contributed by atoms with Crippen LogP contribution in [0.1, 0.15) is 32.3 Å². The number of amides is 3. The van der Waals surface area contributed by atoms with Crippen molar-refractivity contribution < 1.29 is 34.5 Å². The molecule has 0 fully saturated rings.